The van der Waals surface area contributed by atoms with Crippen molar-refractivity contribution in [1.29, 1.82) is 5.26 Å². The average Bonchev–Trinajstić information content (AvgIpc) is 4.25. The summed E-state index contributed by atoms with van der Waals surface area (Å²) >= 11 is 2.41. The fourth-order valence-electron chi connectivity index (χ4n) is 11.3. The first kappa shape index (κ1) is 40.7. The Morgan fingerprint density at radius 3 is 1.88 bits per heavy atom. The van der Waals surface area contributed by atoms with Gasteiger partial charge >= 0.3 is 305 Å². The van der Waals surface area contributed by atoms with E-state index in [1.54, 1.807) is 6.07 Å². The number of nitrogens with zero attached hydrogens (tertiary/aromatic N) is 6. The summed E-state index contributed by atoms with van der Waals surface area (Å²) in [7, 11) is 0. The first-order valence-corrected chi connectivity index (χ1v) is 25.8. The maximum Gasteiger partial charge on any atom is 0.0621 e. The van der Waals surface area contributed by atoms with Crippen LogP contribution in [0.15, 0.2) is 206 Å². The smallest absolute Gasteiger partial charge is 0.0621 e. The molecule has 5 aromatic heterocycles. The number of ether oxygens (including phenoxy) is 1. The van der Waals surface area contributed by atoms with Crippen LogP contribution in [0.5, 0.6) is 11.5 Å². The topological polar surface area (TPSA) is 65.1 Å². The largest absolute Gasteiger partial charge is 0.0621 e. The summed E-state index contributed by atoms with van der Waals surface area (Å²) in [5, 5.41) is 16.4. The first-order valence-electron chi connectivity index (χ1n) is 26.2. The van der Waals surface area contributed by atoms with Crippen LogP contribution >= 0.6 is 0 Å². The summed E-state index contributed by atoms with van der Waals surface area (Å²) in [5.74, 6) is 1.44. The molecule has 0 bridgehead atoms. The minimum Gasteiger partial charge on any atom is 0.0621 e. The molecule has 5 heterocycles. The second-order valence-electron chi connectivity index (χ2n) is 20.1. The number of rotatable bonds is 7. The average molecular weight is 1140 g/mol. The summed E-state index contributed by atoms with van der Waals surface area (Å²) in [5.41, 5.74) is 14.7. The standard InChI is InChI=1S/C66H46N6O.Pt/c1-41-26-27-46(69-40-70(58-25-14-13-24-57(58)69)64-48(43-16-7-5-8-17-43)21-15-22-49(64)44-18-9-6-10-19-44)35-62(41)73-47-28-29-51-52-37-53-55-33-42(39-67)32-54-50-20-11-12-23-56(50)72(65(54)55)61(53)38-60(52)71(59(51)36-47)63-34-45(30-31-68-63)66(2,3)4;/h5-38H,1-4H3;/i1D3;. The van der Waals surface area contributed by atoms with E-state index < -0.39 is 6.85 Å². The summed E-state index contributed by atoms with van der Waals surface area (Å²) in [6.45, 7) is 4.10. The molecular weight excluding hydrogens is 1090 g/mol. The number of hydrogen-bond acceptors (Lipinski definition) is 3. The van der Waals surface area contributed by atoms with Crippen LogP contribution < -0.4 is 4.74 Å². The third kappa shape index (κ3) is 6.68. The van der Waals surface area contributed by atoms with Crippen molar-refractivity contribution in [2.75, 3.05) is 0 Å². The minimum absolute atomic E-state index is 0.0962. The number of aryl methyl sites for hydroxylation is 1. The van der Waals surface area contributed by atoms with Crippen LogP contribution in [0.2, 0.25) is 0 Å². The minimum atomic E-state index is -2.49. The SMILES string of the molecule is [2H]C([2H])([2H])c1ccc(-n2[c](=[Pt])n(-c3c(-c4ccccc4)cccc3-c3ccccc3)c3ccccc32)cc1Oc1ccc2c3cc4c5cc(C#N)cc6c7ccccc7n(c4cc3n(-c3cc(C(C)(C)C)ccn3)c2c1)c65. The number of nitriles is 1. The Hall–Kier alpha value is -8.82. The van der Waals surface area contributed by atoms with Crippen LogP contribution in [-0.2, 0) is 24.8 Å². The van der Waals surface area contributed by atoms with E-state index in [1.165, 1.54) is 0 Å². The van der Waals surface area contributed by atoms with Crippen molar-refractivity contribution in [2.45, 2.75) is 33.0 Å². The molecule has 0 radical (unpaired) electrons. The van der Waals surface area contributed by atoms with E-state index in [0.717, 1.165) is 120 Å². The monoisotopic (exact) mass is 1140 g/mol. The molecule has 9 aromatic carbocycles. The molecule has 14 rings (SSSR count). The number of imidazole rings is 1. The van der Waals surface area contributed by atoms with Gasteiger partial charge in [0, 0.05) is 27.7 Å². The van der Waals surface area contributed by atoms with E-state index in [0.29, 0.717) is 11.3 Å². The molecule has 0 saturated heterocycles. The van der Waals surface area contributed by atoms with Crippen LogP contribution in [0.25, 0.3) is 110 Å². The van der Waals surface area contributed by atoms with Gasteiger partial charge in [-0.05, 0) is 35.2 Å². The van der Waals surface area contributed by atoms with Crippen molar-refractivity contribution >= 4 is 70.9 Å². The number of benzene rings is 9. The van der Waals surface area contributed by atoms with Gasteiger partial charge in [0.1, 0.15) is 0 Å². The zero-order valence-corrected chi connectivity index (χ0v) is 42.8. The normalized spacial score (nSPS) is 12.9. The van der Waals surface area contributed by atoms with E-state index in [9.17, 15) is 5.26 Å². The van der Waals surface area contributed by atoms with E-state index in [1.807, 2.05) is 66.9 Å². The van der Waals surface area contributed by atoms with E-state index in [-0.39, 0.29) is 16.7 Å². The third-order valence-corrected chi connectivity index (χ3v) is 15.7. The molecule has 0 aliphatic rings. The van der Waals surface area contributed by atoms with Gasteiger partial charge in [-0.25, -0.2) is 0 Å². The first-order chi connectivity index (χ1) is 37.3. The van der Waals surface area contributed by atoms with Crippen LogP contribution in [-0.4, -0.2) is 23.1 Å². The Kier molecular flexibility index (Phi) is 9.15. The molecule has 0 unspecified atom stereocenters. The van der Waals surface area contributed by atoms with Crippen molar-refractivity contribution in [3.8, 4) is 57.0 Å². The molecule has 7 nitrogen and oxygen atoms in total. The molecule has 0 saturated carbocycles. The Morgan fingerprint density at radius 2 is 1.18 bits per heavy atom. The van der Waals surface area contributed by atoms with Crippen molar-refractivity contribution in [3.63, 3.8) is 0 Å². The van der Waals surface area contributed by atoms with Crippen molar-refractivity contribution in [3.05, 3.63) is 227 Å². The Bertz CT molecular complexity index is 4780. The van der Waals surface area contributed by atoms with Gasteiger partial charge in [-0.2, -0.15) is 5.26 Å². The van der Waals surface area contributed by atoms with E-state index in [4.69, 9.17) is 13.8 Å². The molecular formula is C66H46N6OPt. The molecule has 74 heavy (non-hydrogen) atoms. The Morgan fingerprint density at radius 1 is 0.541 bits per heavy atom. The zero-order valence-electron chi connectivity index (χ0n) is 43.5. The summed E-state index contributed by atoms with van der Waals surface area (Å²) in [4.78, 5) is 5.04. The molecule has 0 amide bonds. The maximum atomic E-state index is 10.3. The number of hydrogen-bond donors (Lipinski definition) is 0. The van der Waals surface area contributed by atoms with Crippen LogP contribution in [0.1, 0.15) is 41.6 Å². The third-order valence-electron chi connectivity index (χ3n) is 14.7. The molecule has 0 spiro atoms. The maximum absolute atomic E-state index is 10.3. The van der Waals surface area contributed by atoms with E-state index in [2.05, 4.69) is 198 Å². The summed E-state index contributed by atoms with van der Waals surface area (Å²) < 4.78 is 43.3. The second kappa shape index (κ2) is 16.6. The molecule has 0 aliphatic heterocycles. The predicted octanol–water partition coefficient (Wildman–Crippen LogP) is 16.7. The Labute approximate surface area is 442 Å². The molecule has 356 valence electrons. The summed E-state index contributed by atoms with van der Waals surface area (Å²) in [6.07, 6.45) is 1.87. The Balaban J connectivity index is 0.977. The summed E-state index contributed by atoms with van der Waals surface area (Å²) in [6, 6.07) is 70.7. The van der Waals surface area contributed by atoms with Crippen molar-refractivity contribution in [2.24, 2.45) is 0 Å². The molecule has 0 fully saturated rings. The molecule has 8 heteroatoms. The molecule has 14 aromatic rings. The van der Waals surface area contributed by atoms with Gasteiger partial charge < -0.3 is 4.40 Å². The van der Waals surface area contributed by atoms with Gasteiger partial charge in [0.2, 0.25) is 0 Å². The van der Waals surface area contributed by atoms with Crippen LogP contribution in [0.4, 0.5) is 0 Å². The number of fused-ring (bicyclic) bond motifs is 10. The fourth-order valence-corrected chi connectivity index (χ4v) is 12.4. The zero-order chi connectivity index (χ0) is 52.5. The van der Waals surface area contributed by atoms with Crippen LogP contribution in [0.3, 0.4) is 0 Å². The van der Waals surface area contributed by atoms with Gasteiger partial charge in [-0.1, -0.05) is 39.0 Å². The number of aromatic nitrogens is 5. The fraction of sp³-hybridized carbons (Fsp3) is 0.0758. The quantitative estimate of drug-likeness (QED) is 0.160. The second-order valence-corrected chi connectivity index (χ2v) is 21.1. The molecule has 0 aliphatic carbocycles. The predicted molar refractivity (Wildman–Crippen MR) is 298 cm³/mol. The van der Waals surface area contributed by atoms with Crippen LogP contribution in [0, 0.1) is 22.0 Å². The number of pyridine rings is 1. The van der Waals surface area contributed by atoms with Gasteiger partial charge in [0.25, 0.3) is 0 Å². The molecule has 0 N–H and O–H groups in total. The van der Waals surface area contributed by atoms with Gasteiger partial charge in [0.15, 0.2) is 0 Å². The van der Waals surface area contributed by atoms with Gasteiger partial charge in [-0.15, -0.1) is 0 Å². The van der Waals surface area contributed by atoms with Crippen molar-refractivity contribution < 1.29 is 28.2 Å². The number of para-hydroxylation sites is 4. The molecule has 0 atom stereocenters. The van der Waals surface area contributed by atoms with Gasteiger partial charge in [-0.3, -0.25) is 0 Å². The van der Waals surface area contributed by atoms with Crippen molar-refractivity contribution in [1.82, 2.24) is 23.1 Å². The van der Waals surface area contributed by atoms with E-state index >= 15 is 0 Å². The van der Waals surface area contributed by atoms with Gasteiger partial charge in [0.05, 0.1) is 28.2 Å².